The summed E-state index contributed by atoms with van der Waals surface area (Å²) in [6.45, 7) is 2.89. The van der Waals surface area contributed by atoms with Crippen molar-refractivity contribution < 1.29 is 22.7 Å². The molecule has 6 nitrogen and oxygen atoms in total. The number of hydrogen-bond acceptors (Lipinski definition) is 4. The lowest BCUT2D eigenvalue weighted by Crippen LogP contribution is -2.30. The Labute approximate surface area is 163 Å². The number of nitrogens with zero attached hydrogens (tertiary/aromatic N) is 3. The fourth-order valence-corrected chi connectivity index (χ4v) is 2.84. The van der Waals surface area contributed by atoms with E-state index in [1.165, 1.54) is 25.6 Å². The van der Waals surface area contributed by atoms with Gasteiger partial charge in [0.25, 0.3) is 5.91 Å². The van der Waals surface area contributed by atoms with Gasteiger partial charge in [0.05, 0.1) is 16.6 Å². The van der Waals surface area contributed by atoms with Gasteiger partial charge in [-0.2, -0.15) is 23.3 Å². The number of rotatable bonds is 4. The van der Waals surface area contributed by atoms with E-state index in [0.29, 0.717) is 10.7 Å². The van der Waals surface area contributed by atoms with Gasteiger partial charge in [0.15, 0.2) is 11.8 Å². The smallest absolute Gasteiger partial charge is 0.417 e. The van der Waals surface area contributed by atoms with Crippen LogP contribution in [0.2, 0.25) is 5.02 Å². The van der Waals surface area contributed by atoms with Crippen molar-refractivity contribution >= 4 is 34.2 Å². The number of anilines is 1. The van der Waals surface area contributed by atoms with Crippen LogP contribution in [0.25, 0.3) is 11.0 Å². The highest BCUT2D eigenvalue weighted by Crippen LogP contribution is 2.37. The first-order chi connectivity index (χ1) is 13.1. The maximum absolute atomic E-state index is 13.5. The molecule has 1 N–H and O–H groups in total. The number of aromatic nitrogens is 3. The molecule has 2 heterocycles. The Morgan fingerprint density at radius 2 is 1.93 bits per heavy atom. The summed E-state index contributed by atoms with van der Waals surface area (Å²) in [4.78, 5) is 16.4. The molecule has 10 heteroatoms. The van der Waals surface area contributed by atoms with Crippen molar-refractivity contribution in [2.45, 2.75) is 26.1 Å². The van der Waals surface area contributed by atoms with Crippen molar-refractivity contribution in [3.8, 4) is 5.88 Å². The van der Waals surface area contributed by atoms with Crippen LogP contribution in [0, 0.1) is 6.92 Å². The van der Waals surface area contributed by atoms with Crippen LogP contribution in [0.3, 0.4) is 0 Å². The van der Waals surface area contributed by atoms with Gasteiger partial charge in [-0.3, -0.25) is 9.48 Å². The molecule has 0 radical (unpaired) electrons. The minimum Gasteiger partial charge on any atom is -0.464 e. The van der Waals surface area contributed by atoms with Crippen molar-refractivity contribution in [1.82, 2.24) is 14.8 Å². The minimum absolute atomic E-state index is 0.0210. The van der Waals surface area contributed by atoms with E-state index >= 15 is 0 Å². The number of pyridine rings is 1. The molecule has 3 rings (SSSR count). The molecule has 0 spiro atoms. The number of fused-ring (bicyclic) bond motifs is 1. The van der Waals surface area contributed by atoms with E-state index in [1.54, 1.807) is 24.3 Å². The number of carbonyl (C=O) groups excluding carboxylic acids is 1. The van der Waals surface area contributed by atoms with Gasteiger partial charge in [0.2, 0.25) is 5.88 Å². The van der Waals surface area contributed by atoms with Crippen LogP contribution >= 0.6 is 11.6 Å². The summed E-state index contributed by atoms with van der Waals surface area (Å²) in [6, 6.07) is 7.16. The molecule has 0 saturated carbocycles. The number of carbonyl (C=O) groups is 1. The molecule has 1 unspecified atom stereocenters. The summed E-state index contributed by atoms with van der Waals surface area (Å²) < 4.78 is 47.1. The summed E-state index contributed by atoms with van der Waals surface area (Å²) in [7, 11) is 1.49. The summed E-state index contributed by atoms with van der Waals surface area (Å²) in [5.74, 6) is -0.861. The van der Waals surface area contributed by atoms with Crippen molar-refractivity contribution in [2.75, 3.05) is 5.32 Å². The second-order valence-electron chi connectivity index (χ2n) is 6.17. The topological polar surface area (TPSA) is 69.0 Å². The maximum atomic E-state index is 13.5. The predicted octanol–water partition coefficient (Wildman–Crippen LogP) is 4.35. The monoisotopic (exact) mass is 412 g/mol. The molecule has 0 bridgehead atoms. The molecule has 2 aromatic heterocycles. The molecule has 28 heavy (non-hydrogen) atoms. The van der Waals surface area contributed by atoms with Crippen LogP contribution in [0.15, 0.2) is 30.3 Å². The Morgan fingerprint density at radius 1 is 1.29 bits per heavy atom. The van der Waals surface area contributed by atoms with Crippen molar-refractivity contribution in [1.29, 1.82) is 0 Å². The average molecular weight is 413 g/mol. The van der Waals surface area contributed by atoms with Gasteiger partial charge in [0, 0.05) is 23.8 Å². The van der Waals surface area contributed by atoms with Gasteiger partial charge in [-0.05, 0) is 38.1 Å². The Bertz CT molecular complexity index is 1030. The highest BCUT2D eigenvalue weighted by atomic mass is 35.5. The molecule has 0 aliphatic rings. The Kier molecular flexibility index (Phi) is 5.20. The normalized spacial score (nSPS) is 12.8. The van der Waals surface area contributed by atoms with Crippen LogP contribution in [0.4, 0.5) is 18.9 Å². The third kappa shape index (κ3) is 4.04. The predicted molar refractivity (Wildman–Crippen MR) is 98.4 cm³/mol. The molecular weight excluding hydrogens is 397 g/mol. The zero-order chi connectivity index (χ0) is 20.6. The third-order valence-corrected chi connectivity index (χ3v) is 4.28. The molecule has 148 valence electrons. The second-order valence-corrected chi connectivity index (χ2v) is 6.61. The van der Waals surface area contributed by atoms with E-state index in [0.717, 1.165) is 6.07 Å². The molecule has 1 atom stereocenters. The van der Waals surface area contributed by atoms with Crippen LogP contribution in [0.5, 0.6) is 5.88 Å². The molecule has 1 aromatic carbocycles. The number of nitrogens with one attached hydrogen (secondary N) is 1. The maximum Gasteiger partial charge on any atom is 0.417 e. The van der Waals surface area contributed by atoms with Gasteiger partial charge in [-0.25, -0.2) is 0 Å². The molecule has 0 saturated heterocycles. The first-order valence-corrected chi connectivity index (χ1v) is 8.58. The van der Waals surface area contributed by atoms with Crippen molar-refractivity contribution in [2.24, 2.45) is 7.05 Å². The summed E-state index contributed by atoms with van der Waals surface area (Å²) in [5.41, 5.74) is -0.208. The lowest BCUT2D eigenvalue weighted by atomic mass is 10.1. The number of amides is 1. The summed E-state index contributed by atoms with van der Waals surface area (Å²) in [5, 5.41) is 7.00. The largest absolute Gasteiger partial charge is 0.464 e. The van der Waals surface area contributed by atoms with Gasteiger partial charge in [0.1, 0.15) is 0 Å². The third-order valence-electron chi connectivity index (χ3n) is 4.03. The van der Waals surface area contributed by atoms with Crippen LogP contribution in [-0.2, 0) is 18.0 Å². The van der Waals surface area contributed by atoms with E-state index in [4.69, 9.17) is 16.3 Å². The van der Waals surface area contributed by atoms with Crippen LogP contribution in [0.1, 0.15) is 18.2 Å². The molecule has 0 aliphatic heterocycles. The lowest BCUT2D eigenvalue weighted by molar-refractivity contribution is -0.136. The first-order valence-electron chi connectivity index (χ1n) is 8.21. The fraction of sp³-hybridized carbons (Fsp3) is 0.278. The Hall–Kier alpha value is -2.81. The van der Waals surface area contributed by atoms with E-state index < -0.39 is 23.8 Å². The standard InChI is InChI=1S/C18H16ClF3N4O2/c1-9-15-13(18(20,21)22)8-14(24-16(15)26(3)25-9)28-10(2)17(27)23-12-6-4-11(19)5-7-12/h4-8,10H,1-3H3,(H,23,27). The number of halogens is 4. The summed E-state index contributed by atoms with van der Waals surface area (Å²) >= 11 is 5.79. The van der Waals surface area contributed by atoms with E-state index in [-0.39, 0.29) is 22.6 Å². The SMILES string of the molecule is Cc1nn(C)c2nc(OC(C)C(=O)Nc3ccc(Cl)cc3)cc(C(F)(F)F)c12. The zero-order valence-electron chi connectivity index (χ0n) is 15.1. The number of alkyl halides is 3. The molecular formula is C18H16ClF3N4O2. The Balaban J connectivity index is 1.88. The highest BCUT2D eigenvalue weighted by molar-refractivity contribution is 6.30. The number of benzene rings is 1. The van der Waals surface area contributed by atoms with Crippen LogP contribution < -0.4 is 10.1 Å². The van der Waals surface area contributed by atoms with Gasteiger partial charge < -0.3 is 10.1 Å². The fourth-order valence-electron chi connectivity index (χ4n) is 2.72. The molecule has 0 fully saturated rings. The van der Waals surface area contributed by atoms with Gasteiger partial charge >= 0.3 is 6.18 Å². The Morgan fingerprint density at radius 3 is 2.54 bits per heavy atom. The van der Waals surface area contributed by atoms with E-state index in [1.807, 2.05) is 0 Å². The molecule has 1 amide bonds. The van der Waals surface area contributed by atoms with Gasteiger partial charge in [-0.1, -0.05) is 11.6 Å². The van der Waals surface area contributed by atoms with Crippen molar-refractivity contribution in [3.63, 3.8) is 0 Å². The highest BCUT2D eigenvalue weighted by Gasteiger charge is 2.36. The van der Waals surface area contributed by atoms with E-state index in [9.17, 15) is 18.0 Å². The number of ether oxygens (including phenoxy) is 1. The van der Waals surface area contributed by atoms with Crippen molar-refractivity contribution in [3.05, 3.63) is 46.6 Å². The second kappa shape index (κ2) is 7.31. The average Bonchev–Trinajstić information content (AvgIpc) is 2.89. The zero-order valence-corrected chi connectivity index (χ0v) is 15.9. The quantitative estimate of drug-likeness (QED) is 0.691. The number of aryl methyl sites for hydroxylation is 2. The van der Waals surface area contributed by atoms with Crippen LogP contribution in [-0.4, -0.2) is 26.8 Å². The lowest BCUT2D eigenvalue weighted by Gasteiger charge is -2.16. The molecule has 0 aliphatic carbocycles. The minimum atomic E-state index is -4.62. The number of hydrogen-bond donors (Lipinski definition) is 1. The van der Waals surface area contributed by atoms with Gasteiger partial charge in [-0.15, -0.1) is 0 Å². The first kappa shape index (κ1) is 19.9. The summed E-state index contributed by atoms with van der Waals surface area (Å²) in [6.07, 6.45) is -5.71. The van der Waals surface area contributed by atoms with E-state index in [2.05, 4.69) is 15.4 Å². The molecule has 3 aromatic rings.